The van der Waals surface area contributed by atoms with Gasteiger partial charge in [0.2, 0.25) is 0 Å². The number of hydrogen-bond acceptors (Lipinski definition) is 5. The summed E-state index contributed by atoms with van der Waals surface area (Å²) in [6.07, 6.45) is 5.51. The Balaban J connectivity index is 1.94. The molecule has 0 amide bonds. The molecule has 1 aliphatic heterocycles. The van der Waals surface area contributed by atoms with E-state index in [1.165, 1.54) is 12.8 Å². The van der Waals surface area contributed by atoms with E-state index in [9.17, 15) is 0 Å². The predicted molar refractivity (Wildman–Crippen MR) is 75.2 cm³/mol. The quantitative estimate of drug-likeness (QED) is 0.634. The molecule has 0 spiro atoms. The third-order valence-corrected chi connectivity index (χ3v) is 4.23. The lowest BCUT2D eigenvalue weighted by atomic mass is 10.3. The van der Waals surface area contributed by atoms with Crippen molar-refractivity contribution in [3.05, 3.63) is 11.9 Å². The van der Waals surface area contributed by atoms with Gasteiger partial charge in [0.1, 0.15) is 17.2 Å². The molecule has 1 fully saturated rings. The van der Waals surface area contributed by atoms with Crippen LogP contribution in [0.25, 0.3) is 0 Å². The zero-order chi connectivity index (χ0) is 12.8. The maximum Gasteiger partial charge on any atom is 0.133 e. The van der Waals surface area contributed by atoms with E-state index < -0.39 is 0 Å². The summed E-state index contributed by atoms with van der Waals surface area (Å²) in [6.45, 7) is 6.09. The number of anilines is 1. The van der Waals surface area contributed by atoms with Crippen molar-refractivity contribution >= 4 is 17.6 Å². The molecule has 1 atom stereocenters. The van der Waals surface area contributed by atoms with Crippen LogP contribution in [0.5, 0.6) is 0 Å². The molecule has 0 aromatic carbocycles. The van der Waals surface area contributed by atoms with Crippen LogP contribution in [0.3, 0.4) is 0 Å². The Morgan fingerprint density at radius 1 is 1.50 bits per heavy atom. The zero-order valence-electron chi connectivity index (χ0n) is 11.1. The molecule has 5 heteroatoms. The first-order valence-electron chi connectivity index (χ1n) is 6.61. The molecule has 0 aliphatic carbocycles. The van der Waals surface area contributed by atoms with Gasteiger partial charge in [0.05, 0.1) is 6.10 Å². The smallest absolute Gasteiger partial charge is 0.133 e. The summed E-state index contributed by atoms with van der Waals surface area (Å²) in [5.74, 6) is 1.95. The average molecular weight is 267 g/mol. The van der Waals surface area contributed by atoms with Crippen molar-refractivity contribution in [1.82, 2.24) is 9.97 Å². The minimum absolute atomic E-state index is 0.399. The monoisotopic (exact) mass is 267 g/mol. The first-order chi connectivity index (χ1) is 8.81. The van der Waals surface area contributed by atoms with E-state index in [-0.39, 0.29) is 0 Å². The van der Waals surface area contributed by atoms with E-state index in [2.05, 4.69) is 29.1 Å². The molecule has 0 bridgehead atoms. The van der Waals surface area contributed by atoms with Crippen LogP contribution in [-0.2, 0) is 4.74 Å². The van der Waals surface area contributed by atoms with Crippen molar-refractivity contribution < 1.29 is 4.74 Å². The van der Waals surface area contributed by atoms with E-state index in [0.29, 0.717) is 6.10 Å². The lowest BCUT2D eigenvalue weighted by molar-refractivity contribution is 0.129. The van der Waals surface area contributed by atoms with Crippen molar-refractivity contribution in [2.24, 2.45) is 0 Å². The van der Waals surface area contributed by atoms with E-state index in [1.54, 1.807) is 18.1 Å². The van der Waals surface area contributed by atoms with Crippen molar-refractivity contribution in [3.63, 3.8) is 0 Å². The fourth-order valence-corrected chi connectivity index (χ4v) is 2.99. The number of hydrogen-bond donors (Lipinski definition) is 1. The molecule has 1 aliphatic rings. The molecule has 4 nitrogen and oxygen atoms in total. The average Bonchev–Trinajstić information content (AvgIpc) is 2.89. The number of thioether (sulfide) groups is 1. The van der Waals surface area contributed by atoms with Gasteiger partial charge >= 0.3 is 0 Å². The summed E-state index contributed by atoms with van der Waals surface area (Å²) < 4.78 is 5.63. The van der Waals surface area contributed by atoms with Crippen LogP contribution < -0.4 is 5.32 Å². The first kappa shape index (κ1) is 13.6. The maximum absolute atomic E-state index is 5.63. The largest absolute Gasteiger partial charge is 0.377 e. The third-order valence-electron chi connectivity index (χ3n) is 3.01. The van der Waals surface area contributed by atoms with Crippen LogP contribution in [-0.4, -0.2) is 35.0 Å². The van der Waals surface area contributed by atoms with Crippen LogP contribution in [0, 0.1) is 6.92 Å². The highest BCUT2D eigenvalue weighted by Gasteiger charge is 2.17. The van der Waals surface area contributed by atoms with Crippen LogP contribution in [0.2, 0.25) is 0 Å². The van der Waals surface area contributed by atoms with Crippen LogP contribution in [0.4, 0.5) is 5.82 Å². The molecular weight excluding hydrogens is 246 g/mol. The van der Waals surface area contributed by atoms with Gasteiger partial charge in [0, 0.05) is 24.5 Å². The topological polar surface area (TPSA) is 47.0 Å². The fourth-order valence-electron chi connectivity index (χ4n) is 1.95. The molecule has 1 aromatic heterocycles. The molecule has 2 heterocycles. The van der Waals surface area contributed by atoms with Gasteiger partial charge in [-0.2, -0.15) is 0 Å². The molecule has 18 heavy (non-hydrogen) atoms. The van der Waals surface area contributed by atoms with Gasteiger partial charge in [-0.25, -0.2) is 9.97 Å². The van der Waals surface area contributed by atoms with E-state index in [1.807, 2.05) is 0 Å². The molecule has 100 valence electrons. The zero-order valence-corrected chi connectivity index (χ0v) is 11.9. The van der Waals surface area contributed by atoms with Crippen LogP contribution in [0.15, 0.2) is 11.4 Å². The molecule has 0 saturated carbocycles. The summed E-state index contributed by atoms with van der Waals surface area (Å²) in [7, 11) is 0. The van der Waals surface area contributed by atoms with Gasteiger partial charge in [-0.1, -0.05) is 6.92 Å². The SMILES string of the molecule is CCCNc1ncnc(SCC2CCCO2)c1C. The first-order valence-corrected chi connectivity index (χ1v) is 7.59. The number of rotatable bonds is 6. The second-order valence-electron chi connectivity index (χ2n) is 4.53. The second-order valence-corrected chi connectivity index (χ2v) is 5.53. The number of nitrogens with one attached hydrogen (secondary N) is 1. The van der Waals surface area contributed by atoms with Gasteiger partial charge in [-0.15, -0.1) is 11.8 Å². The van der Waals surface area contributed by atoms with Gasteiger partial charge in [0.15, 0.2) is 0 Å². The molecule has 2 rings (SSSR count). The van der Waals surface area contributed by atoms with Gasteiger partial charge in [-0.3, -0.25) is 0 Å². The normalized spacial score (nSPS) is 19.1. The molecule has 1 saturated heterocycles. The Hall–Kier alpha value is -0.810. The molecule has 1 aromatic rings. The van der Waals surface area contributed by atoms with Gasteiger partial charge in [0.25, 0.3) is 0 Å². The van der Waals surface area contributed by atoms with Gasteiger partial charge < -0.3 is 10.1 Å². The summed E-state index contributed by atoms with van der Waals surface area (Å²) >= 11 is 1.78. The molecule has 0 radical (unpaired) electrons. The Morgan fingerprint density at radius 3 is 3.11 bits per heavy atom. The minimum atomic E-state index is 0.399. The highest BCUT2D eigenvalue weighted by Crippen LogP contribution is 2.27. The van der Waals surface area contributed by atoms with Crippen LogP contribution >= 0.6 is 11.8 Å². The molecular formula is C13H21N3OS. The number of ether oxygens (including phenoxy) is 1. The number of nitrogens with zero attached hydrogens (tertiary/aromatic N) is 2. The lowest BCUT2D eigenvalue weighted by Gasteiger charge is -2.12. The van der Waals surface area contributed by atoms with E-state index in [0.717, 1.165) is 41.7 Å². The van der Waals surface area contributed by atoms with Crippen molar-refractivity contribution in [2.75, 3.05) is 24.2 Å². The highest BCUT2D eigenvalue weighted by atomic mass is 32.2. The highest BCUT2D eigenvalue weighted by molar-refractivity contribution is 7.99. The predicted octanol–water partition coefficient (Wildman–Crippen LogP) is 2.88. The van der Waals surface area contributed by atoms with Crippen molar-refractivity contribution in [3.8, 4) is 0 Å². The molecule has 1 N–H and O–H groups in total. The Morgan fingerprint density at radius 2 is 2.39 bits per heavy atom. The van der Waals surface area contributed by atoms with E-state index in [4.69, 9.17) is 4.74 Å². The van der Waals surface area contributed by atoms with Crippen molar-refractivity contribution in [1.29, 1.82) is 0 Å². The summed E-state index contributed by atoms with van der Waals surface area (Å²) in [6, 6.07) is 0. The molecule has 1 unspecified atom stereocenters. The number of aromatic nitrogens is 2. The summed E-state index contributed by atoms with van der Waals surface area (Å²) in [5.41, 5.74) is 1.15. The fraction of sp³-hybridized carbons (Fsp3) is 0.692. The second kappa shape index (κ2) is 6.95. The lowest BCUT2D eigenvalue weighted by Crippen LogP contribution is -2.09. The minimum Gasteiger partial charge on any atom is -0.377 e. The van der Waals surface area contributed by atoms with Gasteiger partial charge in [-0.05, 0) is 26.2 Å². The summed E-state index contributed by atoms with van der Waals surface area (Å²) in [4.78, 5) is 8.65. The summed E-state index contributed by atoms with van der Waals surface area (Å²) in [5, 5.41) is 4.40. The Labute approximate surface area is 113 Å². The van der Waals surface area contributed by atoms with Crippen LogP contribution in [0.1, 0.15) is 31.7 Å². The Bertz CT molecular complexity index is 380. The maximum atomic E-state index is 5.63. The van der Waals surface area contributed by atoms with E-state index >= 15 is 0 Å². The third kappa shape index (κ3) is 3.59. The Kier molecular flexibility index (Phi) is 5.26. The standard InChI is InChI=1S/C13H21N3OS/c1-3-6-14-12-10(2)13(16-9-15-12)18-8-11-5-4-7-17-11/h9,11H,3-8H2,1-2H3,(H,14,15,16). The van der Waals surface area contributed by atoms with Crippen molar-refractivity contribution in [2.45, 2.75) is 44.2 Å².